The number of likely N-dealkylation sites (tertiary alicyclic amines) is 1. The largest absolute Gasteiger partial charge is 0.497 e. The molecule has 4 heteroatoms. The third kappa shape index (κ3) is 2.81. The number of piperidine rings is 1. The third-order valence-electron chi connectivity index (χ3n) is 5.90. The number of hydrogen-bond donors (Lipinski definition) is 1. The molecule has 2 aliphatic rings. The number of aromatic nitrogens is 1. The fourth-order valence-electron chi connectivity index (χ4n) is 4.69. The molecule has 1 spiro atoms. The van der Waals surface area contributed by atoms with Gasteiger partial charge in [-0.05, 0) is 49.2 Å². The van der Waals surface area contributed by atoms with Crippen LogP contribution in [0.4, 0.5) is 5.69 Å². The topological polar surface area (TPSA) is 29.4 Å². The van der Waals surface area contributed by atoms with Gasteiger partial charge in [-0.25, -0.2) is 0 Å². The van der Waals surface area contributed by atoms with Crippen LogP contribution in [0.3, 0.4) is 0 Å². The molecule has 1 atom stereocenters. The van der Waals surface area contributed by atoms with E-state index in [4.69, 9.17) is 4.74 Å². The Labute approximate surface area is 160 Å². The van der Waals surface area contributed by atoms with E-state index in [1.165, 1.54) is 23.4 Å². The fourth-order valence-corrected chi connectivity index (χ4v) is 4.69. The van der Waals surface area contributed by atoms with Gasteiger partial charge in [0.2, 0.25) is 0 Å². The van der Waals surface area contributed by atoms with Gasteiger partial charge in [0, 0.05) is 31.0 Å². The molecule has 1 saturated heterocycles. The van der Waals surface area contributed by atoms with E-state index in [1.54, 1.807) is 7.11 Å². The van der Waals surface area contributed by atoms with Crippen molar-refractivity contribution in [2.75, 3.05) is 25.5 Å². The zero-order chi connectivity index (χ0) is 18.3. The van der Waals surface area contributed by atoms with Crippen LogP contribution in [0, 0.1) is 0 Å². The Morgan fingerprint density at radius 3 is 2.81 bits per heavy atom. The van der Waals surface area contributed by atoms with Crippen molar-refractivity contribution < 1.29 is 4.74 Å². The van der Waals surface area contributed by atoms with Gasteiger partial charge in [0.1, 0.15) is 5.75 Å². The van der Waals surface area contributed by atoms with Gasteiger partial charge in [0.25, 0.3) is 0 Å². The zero-order valence-electron chi connectivity index (χ0n) is 15.7. The average Bonchev–Trinajstić information content (AvgIpc) is 3.20. The van der Waals surface area contributed by atoms with Gasteiger partial charge in [-0.15, -0.1) is 0 Å². The highest BCUT2D eigenvalue weighted by atomic mass is 16.5. The molecule has 2 aromatic carbocycles. The van der Waals surface area contributed by atoms with E-state index < -0.39 is 0 Å². The van der Waals surface area contributed by atoms with E-state index in [1.807, 2.05) is 6.07 Å². The van der Waals surface area contributed by atoms with Crippen molar-refractivity contribution >= 4 is 5.69 Å². The highest BCUT2D eigenvalue weighted by Crippen LogP contribution is 2.43. The molecule has 0 unspecified atom stereocenters. The van der Waals surface area contributed by atoms with Gasteiger partial charge in [-0.1, -0.05) is 30.3 Å². The van der Waals surface area contributed by atoms with Crippen molar-refractivity contribution in [1.29, 1.82) is 0 Å². The first-order valence-corrected chi connectivity index (χ1v) is 9.68. The maximum atomic E-state index is 5.47. The van der Waals surface area contributed by atoms with E-state index in [0.717, 1.165) is 37.5 Å². The summed E-state index contributed by atoms with van der Waals surface area (Å²) in [4.78, 5) is 2.58. The summed E-state index contributed by atoms with van der Waals surface area (Å²) < 4.78 is 7.81. The second-order valence-corrected chi connectivity index (χ2v) is 7.65. The van der Waals surface area contributed by atoms with Crippen molar-refractivity contribution in [3.8, 4) is 11.4 Å². The molecule has 5 rings (SSSR count). The number of hydrogen-bond acceptors (Lipinski definition) is 3. The van der Waals surface area contributed by atoms with E-state index >= 15 is 0 Å². The molecule has 3 aromatic rings. The van der Waals surface area contributed by atoms with Crippen LogP contribution in [-0.2, 0) is 12.1 Å². The molecule has 1 N–H and O–H groups in total. The van der Waals surface area contributed by atoms with Crippen molar-refractivity contribution in [3.05, 3.63) is 78.1 Å². The summed E-state index contributed by atoms with van der Waals surface area (Å²) in [7, 11) is 1.73. The van der Waals surface area contributed by atoms with Crippen molar-refractivity contribution in [1.82, 2.24) is 9.47 Å². The van der Waals surface area contributed by atoms with Crippen molar-refractivity contribution in [2.45, 2.75) is 24.9 Å². The number of nitrogens with one attached hydrogen (secondary N) is 1. The molecule has 4 nitrogen and oxygen atoms in total. The molecule has 27 heavy (non-hydrogen) atoms. The molecule has 2 aliphatic heterocycles. The lowest BCUT2D eigenvalue weighted by Gasteiger charge is -2.47. The first-order chi connectivity index (χ1) is 13.3. The standard InChI is InChI=1S/C23H25N3O/c1-27-19-10-11-21-20(15-19)24-23(22-9-5-14-26(21)22)12-6-13-25(17-23)16-18-7-3-2-4-8-18/h2-5,7-11,14-15,24H,6,12-13,16-17H2,1H3/t23-/m1/s1. The normalized spacial score (nSPS) is 21.4. The minimum atomic E-state index is -0.0596. The van der Waals surface area contributed by atoms with Crippen LogP contribution >= 0.6 is 0 Å². The summed E-state index contributed by atoms with van der Waals surface area (Å²) in [5.74, 6) is 0.893. The average molecular weight is 359 g/mol. The zero-order valence-corrected chi connectivity index (χ0v) is 15.7. The highest BCUT2D eigenvalue weighted by molar-refractivity contribution is 5.69. The molecule has 0 radical (unpaired) electrons. The van der Waals surface area contributed by atoms with E-state index in [2.05, 4.69) is 75.6 Å². The van der Waals surface area contributed by atoms with Gasteiger partial charge >= 0.3 is 0 Å². The Hall–Kier alpha value is -2.72. The summed E-state index contributed by atoms with van der Waals surface area (Å²) in [5.41, 5.74) is 5.03. The SMILES string of the molecule is COc1ccc2c(c1)N[C@@]1(CCCN(Cc3ccccc3)C1)c1cccn1-2. The lowest BCUT2D eigenvalue weighted by molar-refractivity contribution is 0.150. The smallest absolute Gasteiger partial charge is 0.121 e. The highest BCUT2D eigenvalue weighted by Gasteiger charge is 2.42. The van der Waals surface area contributed by atoms with Crippen molar-refractivity contribution in [2.24, 2.45) is 0 Å². The van der Waals surface area contributed by atoms with E-state index in [0.29, 0.717) is 0 Å². The minimum Gasteiger partial charge on any atom is -0.497 e. The number of rotatable bonds is 3. The Morgan fingerprint density at radius 1 is 1.07 bits per heavy atom. The number of methoxy groups -OCH3 is 1. The number of nitrogens with zero attached hydrogens (tertiary/aromatic N) is 2. The van der Waals surface area contributed by atoms with Gasteiger partial charge in [0.05, 0.1) is 24.0 Å². The number of benzene rings is 2. The van der Waals surface area contributed by atoms with Crippen LogP contribution in [0.15, 0.2) is 66.9 Å². The molecular weight excluding hydrogens is 334 g/mol. The summed E-state index contributed by atoms with van der Waals surface area (Å²) in [6.07, 6.45) is 4.50. The van der Waals surface area contributed by atoms with Crippen LogP contribution in [0.2, 0.25) is 0 Å². The molecule has 138 valence electrons. The summed E-state index contributed by atoms with van der Waals surface area (Å²) in [6, 6.07) is 21.5. The Bertz CT molecular complexity index is 949. The lowest BCUT2D eigenvalue weighted by Crippen LogP contribution is -2.52. The number of ether oxygens (including phenoxy) is 1. The van der Waals surface area contributed by atoms with Crippen LogP contribution in [0.25, 0.3) is 5.69 Å². The van der Waals surface area contributed by atoms with Gasteiger partial charge < -0.3 is 14.6 Å². The van der Waals surface area contributed by atoms with Gasteiger partial charge in [0.15, 0.2) is 0 Å². The van der Waals surface area contributed by atoms with Crippen LogP contribution in [0.5, 0.6) is 5.75 Å². The number of anilines is 1. The monoisotopic (exact) mass is 359 g/mol. The summed E-state index contributed by atoms with van der Waals surface area (Å²) >= 11 is 0. The molecule has 1 fully saturated rings. The second kappa shape index (κ2) is 6.46. The van der Waals surface area contributed by atoms with Crippen LogP contribution in [-0.4, -0.2) is 29.7 Å². The Kier molecular flexibility index (Phi) is 3.94. The quantitative estimate of drug-likeness (QED) is 0.751. The predicted octanol–water partition coefficient (Wildman–Crippen LogP) is 4.40. The van der Waals surface area contributed by atoms with Crippen molar-refractivity contribution in [3.63, 3.8) is 0 Å². The third-order valence-corrected chi connectivity index (χ3v) is 5.90. The molecule has 0 saturated carbocycles. The maximum absolute atomic E-state index is 5.47. The minimum absolute atomic E-state index is 0.0596. The van der Waals surface area contributed by atoms with Gasteiger partial charge in [-0.3, -0.25) is 4.90 Å². The molecule has 0 aliphatic carbocycles. The summed E-state index contributed by atoms with van der Waals surface area (Å²) in [5, 5.41) is 3.90. The first kappa shape index (κ1) is 16.5. The van der Waals surface area contributed by atoms with Gasteiger partial charge in [-0.2, -0.15) is 0 Å². The molecule has 0 bridgehead atoms. The van der Waals surface area contributed by atoms with E-state index in [9.17, 15) is 0 Å². The maximum Gasteiger partial charge on any atom is 0.121 e. The molecule has 0 amide bonds. The number of fused-ring (bicyclic) bond motifs is 4. The second-order valence-electron chi connectivity index (χ2n) is 7.65. The van der Waals surface area contributed by atoms with E-state index in [-0.39, 0.29) is 5.54 Å². The lowest BCUT2D eigenvalue weighted by atomic mass is 9.83. The van der Waals surface area contributed by atoms with Crippen LogP contribution in [0.1, 0.15) is 24.1 Å². The fraction of sp³-hybridized carbons (Fsp3) is 0.304. The Balaban J connectivity index is 1.50. The summed E-state index contributed by atoms with van der Waals surface area (Å²) in [6.45, 7) is 3.14. The first-order valence-electron chi connectivity index (χ1n) is 9.68. The Morgan fingerprint density at radius 2 is 1.96 bits per heavy atom. The molecular formula is C23H25N3O. The molecule has 3 heterocycles. The predicted molar refractivity (Wildman–Crippen MR) is 109 cm³/mol. The molecule has 1 aromatic heterocycles. The van der Waals surface area contributed by atoms with Crippen LogP contribution < -0.4 is 10.1 Å².